The Morgan fingerprint density at radius 1 is 1.32 bits per heavy atom. The van der Waals surface area contributed by atoms with Crippen LogP contribution in [0.15, 0.2) is 41.1 Å². The van der Waals surface area contributed by atoms with E-state index in [1.165, 1.54) is 0 Å². The minimum Gasteiger partial charge on any atom is -0.236 e. The average Bonchev–Trinajstić information content (AvgIpc) is 2.80. The van der Waals surface area contributed by atoms with Gasteiger partial charge in [-0.1, -0.05) is 11.6 Å². The van der Waals surface area contributed by atoms with Gasteiger partial charge in [0.15, 0.2) is 12.4 Å². The molecule has 2 heterocycles. The molecule has 3 aromatic rings. The number of pyridine rings is 1. The third kappa shape index (κ3) is 2.66. The summed E-state index contributed by atoms with van der Waals surface area (Å²) in [5.74, 6) is 0. The van der Waals surface area contributed by atoms with Crippen LogP contribution in [-0.2, 0) is 6.54 Å². The number of thiazole rings is 1. The molecule has 3 rings (SSSR count). The Morgan fingerprint density at radius 3 is 2.95 bits per heavy atom. The molecule has 0 unspecified atom stereocenters. The van der Waals surface area contributed by atoms with Gasteiger partial charge in [-0.3, -0.25) is 0 Å². The molecule has 19 heavy (non-hydrogen) atoms. The second-order valence-electron chi connectivity index (χ2n) is 4.20. The maximum Gasteiger partial charge on any atom is 0.183 e. The maximum atomic E-state index is 6.01. The van der Waals surface area contributed by atoms with Crippen molar-refractivity contribution in [2.75, 3.05) is 0 Å². The van der Waals surface area contributed by atoms with E-state index in [-0.39, 0.29) is 0 Å². The molecule has 0 N–H and O–H groups in total. The topological polar surface area (TPSA) is 16.8 Å². The highest BCUT2D eigenvalue weighted by molar-refractivity contribution is 9.10. The first kappa shape index (κ1) is 13.0. The van der Waals surface area contributed by atoms with Crippen molar-refractivity contribution in [2.24, 2.45) is 0 Å². The normalized spacial score (nSPS) is 11.1. The van der Waals surface area contributed by atoms with Gasteiger partial charge in [0.05, 0.1) is 20.3 Å². The minimum absolute atomic E-state index is 0.751. The van der Waals surface area contributed by atoms with Gasteiger partial charge in [-0.2, -0.15) is 0 Å². The molecule has 0 bridgehead atoms. The van der Waals surface area contributed by atoms with Crippen LogP contribution in [0.3, 0.4) is 0 Å². The summed E-state index contributed by atoms with van der Waals surface area (Å²) in [4.78, 5) is 4.67. The zero-order valence-electron chi connectivity index (χ0n) is 10.2. The van der Waals surface area contributed by atoms with Crippen molar-refractivity contribution in [1.82, 2.24) is 4.98 Å². The summed E-state index contributed by atoms with van der Waals surface area (Å²) in [6.07, 6.45) is 4.18. The predicted octanol–water partition coefficient (Wildman–Crippen LogP) is 4.69. The van der Waals surface area contributed by atoms with Crippen molar-refractivity contribution in [1.29, 1.82) is 0 Å². The molecule has 2 nitrogen and oxygen atoms in total. The molecule has 2 aromatic heterocycles. The molecule has 0 saturated carbocycles. The van der Waals surface area contributed by atoms with Gasteiger partial charge >= 0.3 is 0 Å². The predicted molar refractivity (Wildman–Crippen MR) is 83.6 cm³/mol. The molecule has 5 heteroatoms. The fraction of sp³-hybridized carbons (Fsp3) is 0.143. The Hall–Kier alpha value is -0.970. The third-order valence-electron chi connectivity index (χ3n) is 2.85. The summed E-state index contributed by atoms with van der Waals surface area (Å²) < 4.78 is 4.31. The zero-order valence-corrected chi connectivity index (χ0v) is 13.4. The monoisotopic (exact) mass is 353 g/mol. The molecule has 0 amide bonds. The molecule has 0 aliphatic carbocycles. The molecule has 96 valence electrons. The Kier molecular flexibility index (Phi) is 3.56. The molecule has 0 spiro atoms. The highest BCUT2D eigenvalue weighted by Gasteiger charge is 2.11. The summed E-state index contributed by atoms with van der Waals surface area (Å²) in [5, 5.41) is 1.77. The van der Waals surface area contributed by atoms with Gasteiger partial charge in [0.25, 0.3) is 0 Å². The summed E-state index contributed by atoms with van der Waals surface area (Å²) in [6, 6.07) is 7.89. The molecule has 0 saturated heterocycles. The van der Waals surface area contributed by atoms with Crippen LogP contribution in [0.25, 0.3) is 20.8 Å². The van der Waals surface area contributed by atoms with Crippen LogP contribution in [0.2, 0.25) is 5.02 Å². The van der Waals surface area contributed by atoms with Gasteiger partial charge in [0.2, 0.25) is 0 Å². The first-order valence-corrected chi connectivity index (χ1v) is 7.90. The van der Waals surface area contributed by atoms with Gasteiger partial charge in [-0.15, -0.1) is 11.3 Å². The van der Waals surface area contributed by atoms with Crippen LogP contribution in [0.4, 0.5) is 0 Å². The lowest BCUT2D eigenvalue weighted by Crippen LogP contribution is -2.31. The van der Waals surface area contributed by atoms with E-state index in [9.17, 15) is 0 Å². The number of rotatable bonds is 2. The van der Waals surface area contributed by atoms with Crippen molar-refractivity contribution < 1.29 is 4.57 Å². The van der Waals surface area contributed by atoms with E-state index < -0.39 is 0 Å². The van der Waals surface area contributed by atoms with E-state index in [0.29, 0.717) is 0 Å². The van der Waals surface area contributed by atoms with Crippen molar-refractivity contribution in [2.45, 2.75) is 13.5 Å². The smallest absolute Gasteiger partial charge is 0.183 e. The molecule has 0 aliphatic heterocycles. The van der Waals surface area contributed by atoms with E-state index in [0.717, 1.165) is 36.8 Å². The van der Waals surface area contributed by atoms with Gasteiger partial charge in [0, 0.05) is 5.02 Å². The molecule has 0 aliphatic rings. The number of hydrogen-bond acceptors (Lipinski definition) is 2. The average molecular weight is 355 g/mol. The largest absolute Gasteiger partial charge is 0.236 e. The van der Waals surface area contributed by atoms with E-state index >= 15 is 0 Å². The summed E-state index contributed by atoms with van der Waals surface area (Å²) >= 11 is 11.2. The molecule has 1 aromatic carbocycles. The van der Waals surface area contributed by atoms with Gasteiger partial charge < -0.3 is 0 Å². The number of halogens is 2. The fourth-order valence-electron chi connectivity index (χ4n) is 1.92. The van der Waals surface area contributed by atoms with Crippen LogP contribution < -0.4 is 4.57 Å². The van der Waals surface area contributed by atoms with Gasteiger partial charge in [0.1, 0.15) is 11.6 Å². The first-order chi connectivity index (χ1) is 9.15. The van der Waals surface area contributed by atoms with Crippen molar-refractivity contribution in [3.8, 4) is 10.6 Å². The second-order valence-corrected chi connectivity index (χ2v) is 6.59. The molecular weight excluding hydrogens is 344 g/mol. The SMILES string of the molecule is CC[n+]1cc(Br)cc(-c2nc3ccc(Cl)cc3s2)c1. The van der Waals surface area contributed by atoms with Crippen molar-refractivity contribution >= 4 is 49.1 Å². The Labute approximate surface area is 128 Å². The number of aryl methyl sites for hydroxylation is 1. The van der Waals surface area contributed by atoms with Crippen LogP contribution in [-0.4, -0.2) is 4.98 Å². The van der Waals surface area contributed by atoms with Gasteiger partial charge in [-0.25, -0.2) is 9.55 Å². The Balaban J connectivity index is 2.15. The van der Waals surface area contributed by atoms with E-state index in [1.807, 2.05) is 18.2 Å². The number of aromatic nitrogens is 2. The van der Waals surface area contributed by atoms with Gasteiger partial charge in [-0.05, 0) is 47.1 Å². The van der Waals surface area contributed by atoms with E-state index in [4.69, 9.17) is 11.6 Å². The molecule has 0 atom stereocenters. The standard InChI is InChI=1S/C14H11BrClN2S/c1-2-18-7-9(5-10(15)8-18)14-17-12-4-3-11(16)6-13(12)19-14/h3-8H,2H2,1H3/q+1. The molecular formula is C14H11BrClN2S+. The second kappa shape index (κ2) is 5.19. The lowest BCUT2D eigenvalue weighted by atomic mass is 10.3. The minimum atomic E-state index is 0.751. The first-order valence-electron chi connectivity index (χ1n) is 5.92. The lowest BCUT2D eigenvalue weighted by molar-refractivity contribution is -0.693. The highest BCUT2D eigenvalue weighted by Crippen LogP contribution is 2.31. The number of benzene rings is 1. The van der Waals surface area contributed by atoms with Crippen LogP contribution in [0.1, 0.15) is 6.92 Å². The number of nitrogens with zero attached hydrogens (tertiary/aromatic N) is 2. The zero-order chi connectivity index (χ0) is 13.4. The fourth-order valence-corrected chi connectivity index (χ4v) is 3.65. The van der Waals surface area contributed by atoms with E-state index in [2.05, 4.69) is 50.9 Å². The highest BCUT2D eigenvalue weighted by atomic mass is 79.9. The number of hydrogen-bond donors (Lipinski definition) is 0. The van der Waals surface area contributed by atoms with Crippen molar-refractivity contribution in [3.05, 3.63) is 46.2 Å². The Morgan fingerprint density at radius 2 is 2.16 bits per heavy atom. The lowest BCUT2D eigenvalue weighted by Gasteiger charge is -1.97. The van der Waals surface area contributed by atoms with Crippen LogP contribution in [0, 0.1) is 0 Å². The summed E-state index contributed by atoms with van der Waals surface area (Å²) in [7, 11) is 0. The van der Waals surface area contributed by atoms with Crippen LogP contribution in [0.5, 0.6) is 0 Å². The Bertz CT molecular complexity index is 754. The van der Waals surface area contributed by atoms with E-state index in [1.54, 1.807) is 11.3 Å². The third-order valence-corrected chi connectivity index (χ3v) is 4.59. The number of fused-ring (bicyclic) bond motifs is 1. The molecule has 0 radical (unpaired) electrons. The van der Waals surface area contributed by atoms with Crippen LogP contribution >= 0.6 is 38.9 Å². The molecule has 0 fully saturated rings. The summed E-state index contributed by atoms with van der Waals surface area (Å²) in [6.45, 7) is 3.05. The van der Waals surface area contributed by atoms with Crippen molar-refractivity contribution in [3.63, 3.8) is 0 Å². The quantitative estimate of drug-likeness (QED) is 0.610. The maximum absolute atomic E-state index is 6.01. The summed E-state index contributed by atoms with van der Waals surface area (Å²) in [5.41, 5.74) is 2.11.